The van der Waals surface area contributed by atoms with E-state index in [0.29, 0.717) is 19.1 Å². The summed E-state index contributed by atoms with van der Waals surface area (Å²) in [6.07, 6.45) is 3.36. The molecule has 0 aromatic heterocycles. The molecule has 0 bridgehead atoms. The molecule has 2 heterocycles. The molecule has 1 saturated heterocycles. The Morgan fingerprint density at radius 3 is 2.97 bits per heavy atom. The molecule has 1 atom stereocenters. The van der Waals surface area contributed by atoms with Gasteiger partial charge in [0.25, 0.3) is 5.91 Å². The lowest BCUT2D eigenvalue weighted by atomic mass is 10.2. The molecule has 1 amide bonds. The van der Waals surface area contributed by atoms with E-state index in [-0.39, 0.29) is 12.5 Å². The van der Waals surface area contributed by atoms with E-state index >= 15 is 0 Å². The van der Waals surface area contributed by atoms with E-state index in [9.17, 15) is 4.79 Å². The zero-order valence-electron chi connectivity index (χ0n) is 18.1. The molecule has 7 nitrogen and oxygen atoms in total. The number of likely N-dealkylation sites (tertiary alicyclic amines) is 1. The number of ether oxygens (including phenoxy) is 1. The summed E-state index contributed by atoms with van der Waals surface area (Å²) in [6.45, 7) is 9.94. The van der Waals surface area contributed by atoms with Gasteiger partial charge in [-0.15, -0.1) is 0 Å². The number of hydrogen-bond acceptors (Lipinski definition) is 4. The Hall–Kier alpha value is -2.28. The van der Waals surface area contributed by atoms with Gasteiger partial charge in [-0.3, -0.25) is 14.7 Å². The number of nitrogens with one attached hydrogen (secondary N) is 1. The molecule has 1 aromatic carbocycles. The summed E-state index contributed by atoms with van der Waals surface area (Å²) in [5, 5.41) is 3.41. The largest absolute Gasteiger partial charge is 0.482 e. The Morgan fingerprint density at radius 2 is 2.17 bits per heavy atom. The molecule has 160 valence electrons. The van der Waals surface area contributed by atoms with Crippen molar-refractivity contribution in [3.05, 3.63) is 24.3 Å². The standard InChI is InChI=1S/C22H35N5O2/c1-4-23-22(25(3)16-18-10-8-14-26(18)5-2)24-13-9-15-27-19-11-6-7-12-20(19)29-17-21(27)28/h6-7,11-12,18H,4-5,8-10,13-17H2,1-3H3,(H,23,24). The second-order valence-electron chi connectivity index (χ2n) is 7.70. The first kappa shape index (κ1) is 21.4. The number of carbonyl (C=O) groups excluding carboxylic acids is 1. The summed E-state index contributed by atoms with van der Waals surface area (Å²) in [7, 11) is 2.12. The number of carbonyl (C=O) groups is 1. The van der Waals surface area contributed by atoms with Crippen LogP contribution in [0.15, 0.2) is 29.3 Å². The van der Waals surface area contributed by atoms with Gasteiger partial charge in [-0.1, -0.05) is 19.1 Å². The Kier molecular flexibility index (Phi) is 7.75. The Balaban J connectivity index is 1.55. The maximum Gasteiger partial charge on any atom is 0.265 e. The lowest BCUT2D eigenvalue weighted by Crippen LogP contribution is -2.46. The summed E-state index contributed by atoms with van der Waals surface area (Å²) >= 11 is 0. The molecule has 1 aromatic rings. The summed E-state index contributed by atoms with van der Waals surface area (Å²) in [4.78, 5) is 23.7. The SMILES string of the molecule is CCNC(=NCCCN1C(=O)COc2ccccc21)N(C)CC1CCCN1CC. The number of anilines is 1. The number of hydrogen-bond donors (Lipinski definition) is 1. The molecule has 29 heavy (non-hydrogen) atoms. The highest BCUT2D eigenvalue weighted by molar-refractivity contribution is 5.97. The van der Waals surface area contributed by atoms with Crippen molar-refractivity contribution in [1.82, 2.24) is 15.1 Å². The third-order valence-electron chi connectivity index (χ3n) is 5.70. The van der Waals surface area contributed by atoms with Gasteiger partial charge in [0.05, 0.1) is 5.69 Å². The summed E-state index contributed by atoms with van der Waals surface area (Å²) < 4.78 is 5.52. The van der Waals surface area contributed by atoms with Gasteiger partial charge in [-0.2, -0.15) is 0 Å². The van der Waals surface area contributed by atoms with Crippen LogP contribution in [0.1, 0.15) is 33.1 Å². The third kappa shape index (κ3) is 5.41. The average Bonchev–Trinajstić information content (AvgIpc) is 3.18. The van der Waals surface area contributed by atoms with Gasteiger partial charge in [0.2, 0.25) is 0 Å². The highest BCUT2D eigenvalue weighted by Gasteiger charge is 2.26. The highest BCUT2D eigenvalue weighted by atomic mass is 16.5. The van der Waals surface area contributed by atoms with Crippen LogP contribution in [-0.2, 0) is 4.79 Å². The highest BCUT2D eigenvalue weighted by Crippen LogP contribution is 2.31. The minimum Gasteiger partial charge on any atom is -0.482 e. The maximum atomic E-state index is 12.3. The van der Waals surface area contributed by atoms with Crippen LogP contribution in [0.2, 0.25) is 0 Å². The van der Waals surface area contributed by atoms with Crippen LogP contribution in [-0.4, -0.2) is 80.6 Å². The zero-order chi connectivity index (χ0) is 20.6. The molecule has 3 rings (SSSR count). The van der Waals surface area contributed by atoms with E-state index in [1.165, 1.54) is 19.4 Å². The number of guanidine groups is 1. The smallest absolute Gasteiger partial charge is 0.265 e. The van der Waals surface area contributed by atoms with Crippen molar-refractivity contribution in [2.75, 3.05) is 57.8 Å². The topological polar surface area (TPSA) is 60.4 Å². The summed E-state index contributed by atoms with van der Waals surface area (Å²) in [5.74, 6) is 1.74. The number of para-hydroxylation sites is 2. The van der Waals surface area contributed by atoms with Gasteiger partial charge in [0.15, 0.2) is 12.6 Å². The Bertz CT molecular complexity index is 708. The van der Waals surface area contributed by atoms with Gasteiger partial charge in [-0.25, -0.2) is 0 Å². The molecule has 0 aliphatic carbocycles. The van der Waals surface area contributed by atoms with Crippen LogP contribution in [0.4, 0.5) is 5.69 Å². The molecular formula is C22H35N5O2. The van der Waals surface area contributed by atoms with Crippen molar-refractivity contribution in [2.45, 2.75) is 39.2 Å². The van der Waals surface area contributed by atoms with Gasteiger partial charge in [0, 0.05) is 39.3 Å². The lowest BCUT2D eigenvalue weighted by molar-refractivity contribution is -0.121. The molecule has 0 radical (unpaired) electrons. The maximum absolute atomic E-state index is 12.3. The molecular weight excluding hydrogens is 366 g/mol. The Labute approximate surface area is 174 Å². The minimum absolute atomic E-state index is 0.0117. The first-order valence-corrected chi connectivity index (χ1v) is 10.9. The van der Waals surface area contributed by atoms with Crippen LogP contribution in [0.25, 0.3) is 0 Å². The van der Waals surface area contributed by atoms with E-state index in [1.807, 2.05) is 29.2 Å². The van der Waals surface area contributed by atoms with Crippen LogP contribution in [0.5, 0.6) is 5.75 Å². The van der Waals surface area contributed by atoms with E-state index in [4.69, 9.17) is 9.73 Å². The quantitative estimate of drug-likeness (QED) is 0.411. The summed E-state index contributed by atoms with van der Waals surface area (Å²) in [5.41, 5.74) is 0.859. The van der Waals surface area contributed by atoms with Crippen LogP contribution >= 0.6 is 0 Å². The van der Waals surface area contributed by atoms with E-state index in [0.717, 1.165) is 43.5 Å². The Morgan fingerprint density at radius 1 is 1.34 bits per heavy atom. The van der Waals surface area contributed by atoms with Gasteiger partial charge < -0.3 is 19.9 Å². The number of aliphatic imine (C=N–C) groups is 1. The van der Waals surface area contributed by atoms with E-state index in [1.54, 1.807) is 0 Å². The zero-order valence-corrected chi connectivity index (χ0v) is 18.1. The molecule has 2 aliphatic rings. The van der Waals surface area contributed by atoms with Crippen molar-refractivity contribution >= 4 is 17.6 Å². The monoisotopic (exact) mass is 401 g/mol. The predicted octanol–water partition coefficient (Wildman–Crippen LogP) is 2.18. The number of likely N-dealkylation sites (N-methyl/N-ethyl adjacent to an activating group) is 2. The second-order valence-corrected chi connectivity index (χ2v) is 7.70. The molecule has 1 fully saturated rings. The van der Waals surface area contributed by atoms with E-state index < -0.39 is 0 Å². The number of rotatable bonds is 8. The van der Waals surface area contributed by atoms with Crippen molar-refractivity contribution in [3.8, 4) is 5.75 Å². The van der Waals surface area contributed by atoms with E-state index in [2.05, 4.69) is 36.0 Å². The predicted molar refractivity (Wildman–Crippen MR) is 118 cm³/mol. The molecule has 0 spiro atoms. The van der Waals surface area contributed by atoms with Crippen molar-refractivity contribution in [2.24, 2.45) is 4.99 Å². The number of benzene rings is 1. The van der Waals surface area contributed by atoms with Gasteiger partial charge in [0.1, 0.15) is 5.75 Å². The van der Waals surface area contributed by atoms with Gasteiger partial charge >= 0.3 is 0 Å². The van der Waals surface area contributed by atoms with Crippen molar-refractivity contribution in [3.63, 3.8) is 0 Å². The fraction of sp³-hybridized carbons (Fsp3) is 0.636. The molecule has 2 aliphatic heterocycles. The summed E-state index contributed by atoms with van der Waals surface area (Å²) in [6, 6.07) is 8.32. The normalized spacial score (nSPS) is 19.8. The van der Waals surface area contributed by atoms with Crippen LogP contribution in [0.3, 0.4) is 0 Å². The van der Waals surface area contributed by atoms with Crippen LogP contribution in [0, 0.1) is 0 Å². The lowest BCUT2D eigenvalue weighted by Gasteiger charge is -2.30. The minimum atomic E-state index is 0.0117. The molecule has 1 N–H and O–H groups in total. The first-order valence-electron chi connectivity index (χ1n) is 10.9. The second kappa shape index (κ2) is 10.5. The van der Waals surface area contributed by atoms with Gasteiger partial charge in [-0.05, 0) is 51.4 Å². The number of fused-ring (bicyclic) bond motifs is 1. The fourth-order valence-electron chi connectivity index (χ4n) is 4.20. The third-order valence-corrected chi connectivity index (χ3v) is 5.70. The average molecular weight is 402 g/mol. The molecule has 7 heteroatoms. The number of amides is 1. The number of nitrogens with zero attached hydrogens (tertiary/aromatic N) is 4. The molecule has 0 saturated carbocycles. The van der Waals surface area contributed by atoms with Crippen molar-refractivity contribution < 1.29 is 9.53 Å². The first-order chi connectivity index (χ1) is 14.1. The van der Waals surface area contributed by atoms with Crippen molar-refractivity contribution in [1.29, 1.82) is 0 Å². The van der Waals surface area contributed by atoms with Crippen LogP contribution < -0.4 is 15.0 Å². The molecule has 1 unspecified atom stereocenters. The fourth-order valence-corrected chi connectivity index (χ4v) is 4.20.